The molecule has 1 aromatic carbocycles. The molecule has 1 heterocycles. The van der Waals surface area contributed by atoms with Crippen LogP contribution in [0.1, 0.15) is 0 Å². The SMILES string of the molecule is C=CCN(C)S(=O)(=O)c1ccc(-n2ncc(=O)[nH]c2=O)cc1Cl. The van der Waals surface area contributed by atoms with E-state index in [0.717, 1.165) is 15.2 Å². The number of nitrogens with zero attached hydrogens (tertiary/aromatic N) is 3. The van der Waals surface area contributed by atoms with Gasteiger partial charge in [-0.1, -0.05) is 17.7 Å². The zero-order chi connectivity index (χ0) is 17.2. The molecule has 2 rings (SSSR count). The van der Waals surface area contributed by atoms with E-state index in [2.05, 4.69) is 11.7 Å². The maximum absolute atomic E-state index is 12.4. The fourth-order valence-corrected chi connectivity index (χ4v) is 3.47. The van der Waals surface area contributed by atoms with E-state index in [1.165, 1.54) is 31.3 Å². The second-order valence-corrected chi connectivity index (χ2v) is 6.96. The maximum atomic E-state index is 12.4. The number of rotatable bonds is 5. The molecular formula is C13H13ClN4O4S. The number of nitrogens with one attached hydrogen (secondary N) is 1. The van der Waals surface area contributed by atoms with Crippen LogP contribution in [0.25, 0.3) is 5.69 Å². The Labute approximate surface area is 136 Å². The van der Waals surface area contributed by atoms with Crippen LogP contribution in [0.4, 0.5) is 0 Å². The van der Waals surface area contributed by atoms with Crippen LogP contribution in [-0.4, -0.2) is 41.1 Å². The topological polar surface area (TPSA) is 105 Å². The molecule has 8 nitrogen and oxygen atoms in total. The van der Waals surface area contributed by atoms with E-state index < -0.39 is 21.3 Å². The Morgan fingerprint density at radius 1 is 1.43 bits per heavy atom. The molecule has 0 unspecified atom stereocenters. The summed E-state index contributed by atoms with van der Waals surface area (Å²) in [5, 5.41) is 3.60. The minimum Gasteiger partial charge on any atom is -0.271 e. The van der Waals surface area contributed by atoms with Gasteiger partial charge in [0.25, 0.3) is 5.56 Å². The lowest BCUT2D eigenvalue weighted by molar-refractivity contribution is 0.499. The first-order chi connectivity index (χ1) is 10.8. The highest BCUT2D eigenvalue weighted by atomic mass is 35.5. The van der Waals surface area contributed by atoms with Gasteiger partial charge in [-0.15, -0.1) is 6.58 Å². The molecule has 2 aromatic rings. The van der Waals surface area contributed by atoms with Crippen LogP contribution in [0.5, 0.6) is 0 Å². The summed E-state index contributed by atoms with van der Waals surface area (Å²) in [4.78, 5) is 24.6. The smallest absolute Gasteiger partial charge is 0.271 e. The molecule has 122 valence electrons. The van der Waals surface area contributed by atoms with Crippen LogP contribution in [-0.2, 0) is 10.0 Å². The van der Waals surface area contributed by atoms with Crippen LogP contribution >= 0.6 is 11.6 Å². The summed E-state index contributed by atoms with van der Waals surface area (Å²) in [5.41, 5.74) is -1.17. The number of aromatic amines is 1. The number of aromatic nitrogens is 3. The number of hydrogen-bond donors (Lipinski definition) is 1. The molecule has 23 heavy (non-hydrogen) atoms. The number of H-pyrrole nitrogens is 1. The van der Waals surface area contributed by atoms with Gasteiger partial charge >= 0.3 is 5.69 Å². The molecule has 0 aliphatic heterocycles. The van der Waals surface area contributed by atoms with Crippen molar-refractivity contribution in [2.45, 2.75) is 4.90 Å². The minimum absolute atomic E-state index is 0.0710. The lowest BCUT2D eigenvalue weighted by Crippen LogP contribution is -2.30. The molecule has 1 aromatic heterocycles. The molecule has 0 aliphatic carbocycles. The van der Waals surface area contributed by atoms with Gasteiger partial charge in [-0.2, -0.15) is 14.1 Å². The zero-order valence-electron chi connectivity index (χ0n) is 12.1. The summed E-state index contributed by atoms with van der Waals surface area (Å²) in [7, 11) is -2.39. The van der Waals surface area contributed by atoms with Crippen LogP contribution in [0, 0.1) is 0 Å². The zero-order valence-corrected chi connectivity index (χ0v) is 13.6. The standard InChI is InChI=1S/C13H13ClN4O4S/c1-3-6-17(2)23(21,22)11-5-4-9(7-10(11)14)18-13(20)16-12(19)8-15-18/h3-5,7-8H,1,6H2,2H3,(H,16,19,20). The molecule has 0 aliphatic rings. The highest BCUT2D eigenvalue weighted by Gasteiger charge is 2.23. The number of likely N-dealkylation sites (N-methyl/N-ethyl adjacent to an activating group) is 1. The van der Waals surface area contributed by atoms with Gasteiger partial charge in [0.05, 0.1) is 10.7 Å². The minimum atomic E-state index is -3.78. The first-order valence-corrected chi connectivity index (χ1v) is 8.15. The van der Waals surface area contributed by atoms with Crippen molar-refractivity contribution in [2.75, 3.05) is 13.6 Å². The van der Waals surface area contributed by atoms with E-state index >= 15 is 0 Å². The van der Waals surface area contributed by atoms with Gasteiger partial charge in [-0.3, -0.25) is 9.78 Å². The van der Waals surface area contributed by atoms with Gasteiger partial charge in [0.2, 0.25) is 10.0 Å². The summed E-state index contributed by atoms with van der Waals surface area (Å²) < 4.78 is 26.7. The fraction of sp³-hybridized carbons (Fsp3) is 0.154. The Kier molecular flexibility index (Phi) is 4.83. The molecule has 0 fully saturated rings. The van der Waals surface area contributed by atoms with Gasteiger partial charge in [0.1, 0.15) is 11.1 Å². The van der Waals surface area contributed by atoms with Crippen LogP contribution < -0.4 is 11.2 Å². The molecule has 0 bridgehead atoms. The van der Waals surface area contributed by atoms with Crippen molar-refractivity contribution in [2.24, 2.45) is 0 Å². The fourth-order valence-electron chi connectivity index (χ4n) is 1.82. The Bertz CT molecular complexity index is 964. The van der Waals surface area contributed by atoms with Crippen molar-refractivity contribution >= 4 is 21.6 Å². The summed E-state index contributed by atoms with van der Waals surface area (Å²) in [6.45, 7) is 3.61. The van der Waals surface area contributed by atoms with Gasteiger partial charge in [0.15, 0.2) is 0 Å². The number of halogens is 1. The maximum Gasteiger partial charge on any atom is 0.349 e. The van der Waals surface area contributed by atoms with Crippen molar-refractivity contribution in [3.63, 3.8) is 0 Å². The van der Waals surface area contributed by atoms with Crippen molar-refractivity contribution in [1.29, 1.82) is 0 Å². The molecular weight excluding hydrogens is 344 g/mol. The van der Waals surface area contributed by atoms with Crippen LogP contribution in [0.2, 0.25) is 5.02 Å². The van der Waals surface area contributed by atoms with E-state index in [1.807, 2.05) is 4.98 Å². The summed E-state index contributed by atoms with van der Waals surface area (Å²) in [6, 6.07) is 3.92. The molecule has 0 spiro atoms. The van der Waals surface area contributed by atoms with Gasteiger partial charge < -0.3 is 0 Å². The lowest BCUT2D eigenvalue weighted by Gasteiger charge is -2.16. The quantitative estimate of drug-likeness (QED) is 0.780. The summed E-state index contributed by atoms with van der Waals surface area (Å²) in [6.07, 6.45) is 2.38. The molecule has 10 heteroatoms. The first kappa shape index (κ1) is 17.1. The number of benzene rings is 1. The lowest BCUT2D eigenvalue weighted by atomic mass is 10.3. The average molecular weight is 357 g/mol. The third-order valence-corrected chi connectivity index (χ3v) is 5.25. The third kappa shape index (κ3) is 3.41. The second kappa shape index (κ2) is 6.49. The van der Waals surface area contributed by atoms with E-state index in [-0.39, 0.29) is 22.2 Å². The Hall–Kier alpha value is -2.23. The van der Waals surface area contributed by atoms with Crippen LogP contribution in [0.15, 0.2) is 51.5 Å². The Balaban J connectivity index is 2.52. The first-order valence-electron chi connectivity index (χ1n) is 6.33. The van der Waals surface area contributed by atoms with E-state index in [4.69, 9.17) is 11.6 Å². The average Bonchev–Trinajstić information content (AvgIpc) is 2.47. The number of sulfonamides is 1. The van der Waals surface area contributed by atoms with E-state index in [9.17, 15) is 18.0 Å². The van der Waals surface area contributed by atoms with Crippen molar-refractivity contribution in [3.05, 3.63) is 62.9 Å². The summed E-state index contributed by atoms with van der Waals surface area (Å²) >= 11 is 6.04. The third-order valence-electron chi connectivity index (χ3n) is 2.95. The predicted octanol–water partition coefficient (Wildman–Crippen LogP) is 0.381. The van der Waals surface area contributed by atoms with Crippen molar-refractivity contribution in [1.82, 2.24) is 19.1 Å². The Morgan fingerprint density at radius 3 is 2.70 bits per heavy atom. The van der Waals surface area contributed by atoms with Gasteiger partial charge in [0, 0.05) is 13.6 Å². The highest BCUT2D eigenvalue weighted by Crippen LogP contribution is 2.25. The van der Waals surface area contributed by atoms with Gasteiger partial charge in [-0.05, 0) is 18.2 Å². The van der Waals surface area contributed by atoms with Crippen molar-refractivity contribution < 1.29 is 8.42 Å². The molecule has 0 saturated carbocycles. The molecule has 1 N–H and O–H groups in total. The molecule has 0 saturated heterocycles. The predicted molar refractivity (Wildman–Crippen MR) is 85.5 cm³/mol. The molecule has 0 amide bonds. The highest BCUT2D eigenvalue weighted by molar-refractivity contribution is 7.89. The molecule has 0 atom stereocenters. The monoisotopic (exact) mass is 356 g/mol. The number of hydrogen-bond acceptors (Lipinski definition) is 5. The Morgan fingerprint density at radius 2 is 2.13 bits per heavy atom. The normalized spacial score (nSPS) is 11.6. The van der Waals surface area contributed by atoms with Gasteiger partial charge in [-0.25, -0.2) is 13.2 Å². The second-order valence-electron chi connectivity index (χ2n) is 4.54. The molecule has 0 radical (unpaired) electrons. The largest absolute Gasteiger partial charge is 0.349 e. The van der Waals surface area contributed by atoms with E-state index in [1.54, 1.807) is 0 Å². The van der Waals surface area contributed by atoms with Crippen LogP contribution in [0.3, 0.4) is 0 Å². The van der Waals surface area contributed by atoms with E-state index in [0.29, 0.717) is 0 Å². The van der Waals surface area contributed by atoms with Crippen molar-refractivity contribution in [3.8, 4) is 5.69 Å². The summed E-state index contributed by atoms with van der Waals surface area (Å²) in [5.74, 6) is 0.